The van der Waals surface area contributed by atoms with Gasteiger partial charge in [-0.1, -0.05) is 6.58 Å². The van der Waals surface area contributed by atoms with E-state index in [1.807, 2.05) is 0 Å². The van der Waals surface area contributed by atoms with E-state index in [0.717, 1.165) is 35.7 Å². The molecule has 27 heavy (non-hydrogen) atoms. The van der Waals surface area contributed by atoms with Gasteiger partial charge in [0.05, 0.1) is 16.9 Å². The molecule has 1 heterocycles. The van der Waals surface area contributed by atoms with Crippen LogP contribution in [-0.4, -0.2) is 49.6 Å². The Labute approximate surface area is 156 Å². The number of methoxy groups -OCH3 is 1. The lowest BCUT2D eigenvalue weighted by molar-refractivity contribution is -0.384. The molecule has 1 aromatic carbocycles. The maximum atomic E-state index is 12.9. The van der Waals surface area contributed by atoms with Gasteiger partial charge in [-0.2, -0.15) is 4.31 Å². The fourth-order valence-electron chi connectivity index (χ4n) is 3.21. The van der Waals surface area contributed by atoms with Crippen LogP contribution in [0.3, 0.4) is 0 Å². The van der Waals surface area contributed by atoms with E-state index in [1.54, 1.807) is 0 Å². The summed E-state index contributed by atoms with van der Waals surface area (Å²) in [7, 11) is -2.82. The predicted molar refractivity (Wildman–Crippen MR) is 95.4 cm³/mol. The Morgan fingerprint density at radius 1 is 1.30 bits per heavy atom. The largest absolute Gasteiger partial charge is 0.468 e. The van der Waals surface area contributed by atoms with Gasteiger partial charge in [-0.25, -0.2) is 8.42 Å². The average Bonchev–Trinajstić information content (AvgIpc) is 2.81. The van der Waals surface area contributed by atoms with Crippen LogP contribution < -0.4 is 0 Å². The van der Waals surface area contributed by atoms with Gasteiger partial charge in [0.25, 0.3) is 5.69 Å². The number of nitro groups is 1. The molecule has 9 nitrogen and oxygen atoms in total. The Morgan fingerprint density at radius 2 is 1.89 bits per heavy atom. The molecule has 1 fully saturated rings. The van der Waals surface area contributed by atoms with Gasteiger partial charge in [-0.05, 0) is 37.5 Å². The van der Waals surface area contributed by atoms with Gasteiger partial charge in [0, 0.05) is 25.2 Å². The number of ketones is 1. The quantitative estimate of drug-likeness (QED) is 0.244. The van der Waals surface area contributed by atoms with Crippen LogP contribution in [0.15, 0.2) is 41.3 Å². The minimum absolute atomic E-state index is 0.0738. The Morgan fingerprint density at radius 3 is 2.37 bits per heavy atom. The molecule has 1 saturated heterocycles. The Kier molecular flexibility index (Phi) is 5.81. The number of esters is 1. The second kappa shape index (κ2) is 7.57. The lowest BCUT2D eigenvalue weighted by atomic mass is 9.74. The maximum absolute atomic E-state index is 12.9. The molecule has 0 N–H and O–H groups in total. The van der Waals surface area contributed by atoms with Gasteiger partial charge in [0.2, 0.25) is 10.0 Å². The number of hydrogen-bond acceptors (Lipinski definition) is 7. The van der Waals surface area contributed by atoms with Crippen molar-refractivity contribution in [2.75, 3.05) is 20.2 Å². The summed E-state index contributed by atoms with van der Waals surface area (Å²) < 4.78 is 31.7. The SMILES string of the molecule is C=C1CN(S(=O)(=O)c2ccc([N+](=O)[O-])cc2)CCCC1(C(C)=O)C(=O)OC. The first kappa shape index (κ1) is 20.7. The van der Waals surface area contributed by atoms with Crippen LogP contribution in [0.1, 0.15) is 19.8 Å². The number of ether oxygens (including phenoxy) is 1. The van der Waals surface area contributed by atoms with Crippen LogP contribution in [-0.2, 0) is 24.3 Å². The third-order valence-electron chi connectivity index (χ3n) is 4.75. The van der Waals surface area contributed by atoms with Crippen molar-refractivity contribution in [3.05, 3.63) is 46.5 Å². The second-order valence-corrected chi connectivity index (χ2v) is 8.19. The summed E-state index contributed by atoms with van der Waals surface area (Å²) in [4.78, 5) is 34.5. The molecule has 0 aliphatic carbocycles. The molecule has 0 amide bonds. The van der Waals surface area contributed by atoms with E-state index in [9.17, 15) is 28.1 Å². The van der Waals surface area contributed by atoms with Gasteiger partial charge in [0.15, 0.2) is 5.78 Å². The zero-order valence-electron chi connectivity index (χ0n) is 15.0. The monoisotopic (exact) mass is 396 g/mol. The van der Waals surface area contributed by atoms with Crippen LogP contribution in [0, 0.1) is 15.5 Å². The Balaban J connectivity index is 2.38. The number of benzene rings is 1. The lowest BCUT2D eigenvalue weighted by Gasteiger charge is -2.29. The van der Waals surface area contributed by atoms with E-state index in [0.29, 0.717) is 0 Å². The molecule has 0 aromatic heterocycles. The van der Waals surface area contributed by atoms with Crippen LogP contribution >= 0.6 is 0 Å². The number of hydrogen-bond donors (Lipinski definition) is 0. The third-order valence-corrected chi connectivity index (χ3v) is 6.61. The number of rotatable bonds is 5. The van der Waals surface area contributed by atoms with Gasteiger partial charge in [0.1, 0.15) is 5.41 Å². The summed E-state index contributed by atoms with van der Waals surface area (Å²) in [5.74, 6) is -1.21. The van der Waals surface area contributed by atoms with E-state index in [2.05, 4.69) is 6.58 Å². The highest BCUT2D eigenvalue weighted by Gasteiger charge is 2.49. The molecule has 1 aromatic rings. The van der Waals surface area contributed by atoms with E-state index < -0.39 is 32.1 Å². The number of Topliss-reactive ketones (excluding diaryl/α,β-unsaturated/α-hetero) is 1. The Bertz CT molecular complexity index is 892. The van der Waals surface area contributed by atoms with Crippen LogP contribution in [0.4, 0.5) is 5.69 Å². The van der Waals surface area contributed by atoms with Gasteiger partial charge >= 0.3 is 5.97 Å². The molecule has 1 aliphatic rings. The number of nitro benzene ring substituents is 1. The number of carbonyl (C=O) groups excluding carboxylic acids is 2. The molecular weight excluding hydrogens is 376 g/mol. The minimum Gasteiger partial charge on any atom is -0.468 e. The zero-order chi connectivity index (χ0) is 20.4. The van der Waals surface area contributed by atoms with Crippen molar-refractivity contribution >= 4 is 27.5 Å². The molecule has 1 atom stereocenters. The van der Waals surface area contributed by atoms with Crippen molar-refractivity contribution < 1.29 is 27.7 Å². The van der Waals surface area contributed by atoms with Gasteiger partial charge in [-0.15, -0.1) is 0 Å². The number of non-ortho nitro benzene ring substituents is 1. The molecule has 0 bridgehead atoms. The van der Waals surface area contributed by atoms with E-state index in [1.165, 1.54) is 6.92 Å². The zero-order valence-corrected chi connectivity index (χ0v) is 15.8. The molecule has 10 heteroatoms. The standard InChI is InChI=1S/C17H20N2O7S/c1-12-11-18(10-4-9-17(12,13(2)20)16(21)26-3)27(24,25)15-7-5-14(6-8-15)19(22)23/h5-8H,1,4,9-11H2,2-3H3. The smallest absolute Gasteiger partial charge is 0.323 e. The lowest BCUT2D eigenvalue weighted by Crippen LogP contribution is -2.42. The van der Waals surface area contributed by atoms with Gasteiger partial charge in [-0.3, -0.25) is 19.7 Å². The average molecular weight is 396 g/mol. The van der Waals surface area contributed by atoms with Gasteiger partial charge < -0.3 is 4.74 Å². The highest BCUT2D eigenvalue weighted by Crippen LogP contribution is 2.38. The number of sulfonamides is 1. The first-order valence-electron chi connectivity index (χ1n) is 8.09. The molecule has 0 radical (unpaired) electrons. The Hall–Kier alpha value is -2.59. The van der Waals surface area contributed by atoms with Crippen molar-refractivity contribution in [1.82, 2.24) is 4.31 Å². The summed E-state index contributed by atoms with van der Waals surface area (Å²) in [5, 5.41) is 10.7. The maximum Gasteiger partial charge on any atom is 0.323 e. The predicted octanol–water partition coefficient (Wildman–Crippen LogP) is 1.68. The first-order valence-corrected chi connectivity index (χ1v) is 9.53. The number of carbonyl (C=O) groups is 2. The minimum atomic E-state index is -3.98. The highest BCUT2D eigenvalue weighted by molar-refractivity contribution is 7.89. The molecule has 0 saturated carbocycles. The fourth-order valence-corrected chi connectivity index (χ4v) is 4.68. The second-order valence-electron chi connectivity index (χ2n) is 6.25. The summed E-state index contributed by atoms with van der Waals surface area (Å²) in [6.45, 7) is 4.89. The number of nitrogens with zero attached hydrogens (tertiary/aromatic N) is 2. The first-order chi connectivity index (χ1) is 12.6. The van der Waals surface area contributed by atoms with Crippen LogP contribution in [0.5, 0.6) is 0 Å². The molecule has 1 unspecified atom stereocenters. The topological polar surface area (TPSA) is 124 Å². The summed E-state index contributed by atoms with van der Waals surface area (Å²) in [5.41, 5.74) is -1.66. The van der Waals surface area contributed by atoms with E-state index >= 15 is 0 Å². The molecule has 146 valence electrons. The van der Waals surface area contributed by atoms with Crippen molar-refractivity contribution in [2.45, 2.75) is 24.7 Å². The summed E-state index contributed by atoms with van der Waals surface area (Å²) in [6, 6.07) is 4.51. The molecular formula is C17H20N2O7S. The van der Waals surface area contributed by atoms with Crippen molar-refractivity contribution in [3.63, 3.8) is 0 Å². The van der Waals surface area contributed by atoms with Crippen molar-refractivity contribution in [3.8, 4) is 0 Å². The molecule has 0 spiro atoms. The fraction of sp³-hybridized carbons (Fsp3) is 0.412. The van der Waals surface area contributed by atoms with Crippen molar-refractivity contribution in [1.29, 1.82) is 0 Å². The summed E-state index contributed by atoms with van der Waals surface area (Å²) >= 11 is 0. The highest BCUT2D eigenvalue weighted by atomic mass is 32.2. The van der Waals surface area contributed by atoms with E-state index in [4.69, 9.17) is 4.74 Å². The van der Waals surface area contributed by atoms with Crippen LogP contribution in [0.25, 0.3) is 0 Å². The third kappa shape index (κ3) is 3.62. The van der Waals surface area contributed by atoms with E-state index in [-0.39, 0.29) is 42.1 Å². The molecule has 1 aliphatic heterocycles. The van der Waals surface area contributed by atoms with Crippen molar-refractivity contribution in [2.24, 2.45) is 5.41 Å². The normalized spacial score (nSPS) is 21.3. The molecule has 2 rings (SSSR count). The van der Waals surface area contributed by atoms with Crippen LogP contribution in [0.2, 0.25) is 0 Å². The summed E-state index contributed by atoms with van der Waals surface area (Å²) in [6.07, 6.45) is 0.347.